The minimum absolute atomic E-state index is 0.0933. The summed E-state index contributed by atoms with van der Waals surface area (Å²) in [4.78, 5) is 13.7. The molecule has 0 fully saturated rings. The minimum atomic E-state index is -1.02. The van der Waals surface area contributed by atoms with E-state index in [1.54, 1.807) is 20.2 Å². The molecule has 1 unspecified atom stereocenters. The van der Waals surface area contributed by atoms with Gasteiger partial charge in [0.05, 0.1) is 19.6 Å². The fraction of sp³-hybridized carbons (Fsp3) is 0.278. The Hall–Kier alpha value is -2.40. The van der Waals surface area contributed by atoms with Gasteiger partial charge in [0.1, 0.15) is 11.6 Å². The lowest BCUT2D eigenvalue weighted by Gasteiger charge is -2.20. The molecule has 0 aliphatic heterocycles. The van der Waals surface area contributed by atoms with Crippen LogP contribution in [0.4, 0.5) is 4.39 Å². The summed E-state index contributed by atoms with van der Waals surface area (Å²) >= 11 is 0. The van der Waals surface area contributed by atoms with Crippen LogP contribution in [0, 0.1) is 5.82 Å². The molecule has 0 aliphatic carbocycles. The Morgan fingerprint density at radius 3 is 2.70 bits per heavy atom. The Balaban J connectivity index is 1.96. The summed E-state index contributed by atoms with van der Waals surface area (Å²) in [5.41, 5.74) is 1.33. The van der Waals surface area contributed by atoms with Gasteiger partial charge in [-0.05, 0) is 35.4 Å². The second-order valence-electron chi connectivity index (χ2n) is 5.38. The quantitative estimate of drug-likeness (QED) is 0.891. The van der Waals surface area contributed by atoms with Gasteiger partial charge in [0.2, 0.25) is 5.91 Å². The molecule has 1 amide bonds. The Kier molecular flexibility index (Phi) is 5.71. The monoisotopic (exact) mass is 317 g/mol. The van der Waals surface area contributed by atoms with Gasteiger partial charge in [-0.3, -0.25) is 4.79 Å². The van der Waals surface area contributed by atoms with Crippen LogP contribution < -0.4 is 4.74 Å². The van der Waals surface area contributed by atoms with Gasteiger partial charge in [-0.25, -0.2) is 4.39 Å². The number of methoxy groups -OCH3 is 1. The van der Waals surface area contributed by atoms with Crippen molar-refractivity contribution in [2.75, 3.05) is 14.2 Å². The van der Waals surface area contributed by atoms with Gasteiger partial charge in [0.15, 0.2) is 0 Å². The second kappa shape index (κ2) is 7.74. The lowest BCUT2D eigenvalue weighted by Crippen LogP contribution is -2.27. The predicted molar refractivity (Wildman–Crippen MR) is 85.4 cm³/mol. The number of rotatable bonds is 6. The lowest BCUT2D eigenvalue weighted by atomic mass is 10.1. The predicted octanol–water partition coefficient (Wildman–Crippen LogP) is 2.92. The molecule has 2 aromatic rings. The number of hydrogen-bond acceptors (Lipinski definition) is 3. The van der Waals surface area contributed by atoms with Crippen LogP contribution in [-0.2, 0) is 11.3 Å². The van der Waals surface area contributed by atoms with Gasteiger partial charge in [-0.2, -0.15) is 0 Å². The molecule has 122 valence electrons. The van der Waals surface area contributed by atoms with Crippen molar-refractivity contribution in [3.05, 3.63) is 65.5 Å². The first kappa shape index (κ1) is 17.0. The minimum Gasteiger partial charge on any atom is -0.497 e. The van der Waals surface area contributed by atoms with Crippen LogP contribution in [0.3, 0.4) is 0 Å². The number of nitrogens with zero attached hydrogens (tertiary/aromatic N) is 1. The lowest BCUT2D eigenvalue weighted by molar-refractivity contribution is -0.132. The highest BCUT2D eigenvalue weighted by molar-refractivity contribution is 5.76. The Labute approximate surface area is 135 Å². The summed E-state index contributed by atoms with van der Waals surface area (Å²) in [6.07, 6.45) is -1.12. The molecule has 1 atom stereocenters. The summed E-state index contributed by atoms with van der Waals surface area (Å²) in [5, 5.41) is 10.1. The summed E-state index contributed by atoms with van der Waals surface area (Å²) in [6, 6.07) is 13.1. The van der Waals surface area contributed by atoms with E-state index in [4.69, 9.17) is 4.74 Å². The SMILES string of the molecule is COc1cccc(CN(C)C(=O)CC(O)c2cccc(F)c2)c1. The van der Waals surface area contributed by atoms with E-state index in [9.17, 15) is 14.3 Å². The zero-order chi connectivity index (χ0) is 16.8. The molecule has 0 saturated carbocycles. The number of benzene rings is 2. The third kappa shape index (κ3) is 4.79. The number of halogens is 1. The second-order valence-corrected chi connectivity index (χ2v) is 5.38. The molecular weight excluding hydrogens is 297 g/mol. The topological polar surface area (TPSA) is 49.8 Å². The van der Waals surface area contributed by atoms with E-state index in [1.165, 1.54) is 23.1 Å². The molecule has 4 nitrogen and oxygen atoms in total. The molecule has 2 aromatic carbocycles. The number of ether oxygens (including phenoxy) is 1. The van der Waals surface area contributed by atoms with Crippen molar-refractivity contribution in [1.29, 1.82) is 0 Å². The van der Waals surface area contributed by atoms with Crippen molar-refractivity contribution in [3.63, 3.8) is 0 Å². The first-order valence-corrected chi connectivity index (χ1v) is 7.30. The zero-order valence-electron chi connectivity index (χ0n) is 13.2. The van der Waals surface area contributed by atoms with Crippen molar-refractivity contribution >= 4 is 5.91 Å². The van der Waals surface area contributed by atoms with Gasteiger partial charge in [0.25, 0.3) is 0 Å². The van der Waals surface area contributed by atoms with Crippen LogP contribution in [-0.4, -0.2) is 30.1 Å². The first-order chi connectivity index (χ1) is 11.0. The number of aliphatic hydroxyl groups excluding tert-OH is 1. The van der Waals surface area contributed by atoms with Crippen LogP contribution in [0.15, 0.2) is 48.5 Å². The van der Waals surface area contributed by atoms with Crippen molar-refractivity contribution in [2.24, 2.45) is 0 Å². The maximum atomic E-state index is 13.2. The van der Waals surface area contributed by atoms with E-state index in [2.05, 4.69) is 0 Å². The van der Waals surface area contributed by atoms with E-state index < -0.39 is 11.9 Å². The maximum absolute atomic E-state index is 13.2. The summed E-state index contributed by atoms with van der Waals surface area (Å²) in [7, 11) is 3.25. The van der Waals surface area contributed by atoms with Crippen LogP contribution in [0.25, 0.3) is 0 Å². The summed E-state index contributed by atoms with van der Waals surface area (Å²) in [5.74, 6) is 0.0754. The van der Waals surface area contributed by atoms with Crippen LogP contribution in [0.2, 0.25) is 0 Å². The standard InChI is InChI=1S/C18H20FNO3/c1-20(12-13-5-3-8-16(9-13)23-2)18(22)11-17(21)14-6-4-7-15(19)10-14/h3-10,17,21H,11-12H2,1-2H3. The fourth-order valence-corrected chi connectivity index (χ4v) is 2.29. The largest absolute Gasteiger partial charge is 0.497 e. The van der Waals surface area contributed by atoms with E-state index in [1.807, 2.05) is 24.3 Å². The Bertz CT molecular complexity index is 675. The first-order valence-electron chi connectivity index (χ1n) is 7.30. The normalized spacial score (nSPS) is 11.8. The maximum Gasteiger partial charge on any atom is 0.225 e. The molecule has 0 aromatic heterocycles. The van der Waals surface area contributed by atoms with Gasteiger partial charge < -0.3 is 14.7 Å². The zero-order valence-corrected chi connectivity index (χ0v) is 13.2. The molecule has 1 N–H and O–H groups in total. The molecular formula is C18H20FNO3. The number of carbonyl (C=O) groups is 1. The highest BCUT2D eigenvalue weighted by Gasteiger charge is 2.17. The number of aliphatic hydroxyl groups is 1. The van der Waals surface area contributed by atoms with Crippen molar-refractivity contribution < 1.29 is 19.0 Å². The number of hydrogen-bond donors (Lipinski definition) is 1. The molecule has 0 saturated heterocycles. The third-order valence-corrected chi connectivity index (χ3v) is 3.58. The Morgan fingerprint density at radius 2 is 2.00 bits per heavy atom. The Morgan fingerprint density at radius 1 is 1.26 bits per heavy atom. The van der Waals surface area contributed by atoms with Gasteiger partial charge in [-0.15, -0.1) is 0 Å². The number of amides is 1. The van der Waals surface area contributed by atoms with Crippen LogP contribution in [0.1, 0.15) is 23.7 Å². The van der Waals surface area contributed by atoms with Crippen molar-refractivity contribution in [1.82, 2.24) is 4.90 Å². The van der Waals surface area contributed by atoms with Crippen LogP contribution >= 0.6 is 0 Å². The number of carbonyl (C=O) groups excluding carboxylic acids is 1. The van der Waals surface area contributed by atoms with Crippen LogP contribution in [0.5, 0.6) is 5.75 Å². The average Bonchev–Trinajstić information content (AvgIpc) is 2.54. The smallest absolute Gasteiger partial charge is 0.225 e. The summed E-state index contributed by atoms with van der Waals surface area (Å²) < 4.78 is 18.3. The van der Waals surface area contributed by atoms with Crippen molar-refractivity contribution in [2.45, 2.75) is 19.1 Å². The molecule has 0 heterocycles. The molecule has 2 rings (SSSR count). The molecule has 0 radical (unpaired) electrons. The fourth-order valence-electron chi connectivity index (χ4n) is 2.29. The summed E-state index contributed by atoms with van der Waals surface area (Å²) in [6.45, 7) is 0.409. The van der Waals surface area contributed by atoms with E-state index >= 15 is 0 Å². The van der Waals surface area contributed by atoms with Gasteiger partial charge in [0, 0.05) is 13.6 Å². The molecule has 5 heteroatoms. The highest BCUT2D eigenvalue weighted by atomic mass is 19.1. The van der Waals surface area contributed by atoms with Gasteiger partial charge >= 0.3 is 0 Å². The average molecular weight is 317 g/mol. The third-order valence-electron chi connectivity index (χ3n) is 3.58. The van der Waals surface area contributed by atoms with Crippen molar-refractivity contribution in [3.8, 4) is 5.75 Å². The highest BCUT2D eigenvalue weighted by Crippen LogP contribution is 2.19. The molecule has 0 bridgehead atoms. The van der Waals surface area contributed by atoms with Gasteiger partial charge in [-0.1, -0.05) is 24.3 Å². The molecule has 0 spiro atoms. The van der Waals surface area contributed by atoms with E-state index in [0.29, 0.717) is 12.1 Å². The van der Waals surface area contributed by atoms with E-state index in [-0.39, 0.29) is 12.3 Å². The van der Waals surface area contributed by atoms with E-state index in [0.717, 1.165) is 11.3 Å². The molecule has 23 heavy (non-hydrogen) atoms. The molecule has 0 aliphatic rings.